The van der Waals surface area contributed by atoms with Gasteiger partial charge < -0.3 is 9.32 Å². The van der Waals surface area contributed by atoms with E-state index in [0.29, 0.717) is 0 Å². The second-order valence-electron chi connectivity index (χ2n) is 15.7. The van der Waals surface area contributed by atoms with Crippen LogP contribution in [0.25, 0.3) is 97.4 Å². The molecule has 0 saturated carbocycles. The highest BCUT2D eigenvalue weighted by Gasteiger charge is 2.19. The summed E-state index contributed by atoms with van der Waals surface area (Å²) in [6.45, 7) is 0. The zero-order chi connectivity index (χ0) is 40.3. The first-order valence-corrected chi connectivity index (χ1v) is 21.5. The van der Waals surface area contributed by atoms with E-state index in [2.05, 4.69) is 217 Å². The molecule has 0 aliphatic heterocycles. The second kappa shape index (κ2) is 14.5. The molecule has 2 aromatic heterocycles. The lowest BCUT2D eigenvalue weighted by Gasteiger charge is -2.28. The average Bonchev–Trinajstić information content (AvgIpc) is 3.90. The standard InChI is InChI=1S/C58H37NOS/c1-2-12-41-36-44(24-23-38(41)11-1)43-14-9-13-42(35-43)39-25-30-46(31-26-39)59(47-32-27-40(28-33-47)49-18-10-19-53-50-16-4-7-21-55(50)60-58(49)53)54-20-6-3-15-48(54)45-29-34-52-51-17-5-8-22-56(51)61-57(52)37-45/h1-37H. The molecule has 0 bridgehead atoms. The van der Waals surface area contributed by atoms with Gasteiger partial charge in [0, 0.05) is 53.4 Å². The van der Waals surface area contributed by atoms with Gasteiger partial charge in [-0.15, -0.1) is 11.3 Å². The van der Waals surface area contributed by atoms with E-state index in [1.165, 1.54) is 64.3 Å². The second-order valence-corrected chi connectivity index (χ2v) is 16.8. The van der Waals surface area contributed by atoms with Gasteiger partial charge in [0.15, 0.2) is 0 Å². The summed E-state index contributed by atoms with van der Waals surface area (Å²) in [5, 5.41) is 7.38. The Hall–Kier alpha value is -7.72. The van der Waals surface area contributed by atoms with Crippen molar-refractivity contribution in [3.8, 4) is 44.5 Å². The van der Waals surface area contributed by atoms with Crippen LogP contribution < -0.4 is 4.90 Å². The van der Waals surface area contributed by atoms with Gasteiger partial charge in [-0.05, 0) is 105 Å². The minimum absolute atomic E-state index is 0.905. The summed E-state index contributed by atoms with van der Waals surface area (Å²) in [7, 11) is 0. The van der Waals surface area contributed by atoms with E-state index < -0.39 is 0 Å². The van der Waals surface area contributed by atoms with E-state index in [1.807, 2.05) is 23.5 Å². The normalized spacial score (nSPS) is 11.6. The zero-order valence-corrected chi connectivity index (χ0v) is 33.9. The number of thiophene rings is 1. The van der Waals surface area contributed by atoms with Crippen molar-refractivity contribution < 1.29 is 4.42 Å². The third-order valence-electron chi connectivity index (χ3n) is 12.1. The number of furan rings is 1. The smallest absolute Gasteiger partial charge is 0.143 e. The van der Waals surface area contributed by atoms with Crippen molar-refractivity contribution in [2.45, 2.75) is 0 Å². The summed E-state index contributed by atoms with van der Waals surface area (Å²) in [5.74, 6) is 0. The van der Waals surface area contributed by atoms with Crippen LogP contribution in [-0.2, 0) is 0 Å². The number of nitrogens with zero attached hydrogens (tertiary/aromatic N) is 1. The van der Waals surface area contributed by atoms with Crippen LogP contribution in [0.5, 0.6) is 0 Å². The molecule has 12 aromatic rings. The van der Waals surface area contributed by atoms with Gasteiger partial charge >= 0.3 is 0 Å². The Kier molecular flexibility index (Phi) is 8.39. The van der Waals surface area contributed by atoms with Gasteiger partial charge in [0.2, 0.25) is 0 Å². The van der Waals surface area contributed by atoms with Crippen molar-refractivity contribution >= 4 is 81.3 Å². The first-order valence-electron chi connectivity index (χ1n) is 20.7. The summed E-state index contributed by atoms with van der Waals surface area (Å²) < 4.78 is 9.06. The van der Waals surface area contributed by atoms with Crippen LogP contribution in [0.4, 0.5) is 17.1 Å². The van der Waals surface area contributed by atoms with Gasteiger partial charge in [-0.3, -0.25) is 0 Å². The van der Waals surface area contributed by atoms with Crippen LogP contribution in [0.15, 0.2) is 229 Å². The molecule has 12 rings (SSSR count). The molecule has 2 nitrogen and oxygen atoms in total. The molecule has 0 unspecified atom stereocenters. The third kappa shape index (κ3) is 6.18. The Labute approximate surface area is 357 Å². The Morgan fingerprint density at radius 1 is 0.328 bits per heavy atom. The van der Waals surface area contributed by atoms with E-state index in [4.69, 9.17) is 4.42 Å². The molecule has 0 spiro atoms. The van der Waals surface area contributed by atoms with E-state index in [-0.39, 0.29) is 0 Å². The lowest BCUT2D eigenvalue weighted by molar-refractivity contribution is 0.670. The molecule has 0 aliphatic carbocycles. The summed E-state index contributed by atoms with van der Waals surface area (Å²) in [5.41, 5.74) is 14.4. The SMILES string of the molecule is c1cc(-c2ccc(N(c3ccc(-c4cccc5c4oc4ccccc45)cc3)c3ccccc3-c3ccc4c(c3)sc3ccccc34)cc2)cc(-c2ccc3ccccc3c2)c1. The number of hydrogen-bond acceptors (Lipinski definition) is 3. The van der Waals surface area contributed by atoms with Crippen molar-refractivity contribution in [2.75, 3.05) is 4.90 Å². The fourth-order valence-electron chi connectivity index (χ4n) is 9.05. The first kappa shape index (κ1) is 35.2. The number of para-hydroxylation sites is 3. The highest BCUT2D eigenvalue weighted by atomic mass is 32.1. The Balaban J connectivity index is 0.961. The van der Waals surface area contributed by atoms with Crippen LogP contribution in [0.2, 0.25) is 0 Å². The molecular formula is C58H37NOS. The summed E-state index contributed by atoms with van der Waals surface area (Å²) in [6.07, 6.45) is 0. The number of benzene rings is 10. The fraction of sp³-hybridized carbons (Fsp3) is 0. The number of fused-ring (bicyclic) bond motifs is 7. The van der Waals surface area contributed by atoms with Gasteiger partial charge in [0.25, 0.3) is 0 Å². The van der Waals surface area contributed by atoms with Crippen LogP contribution in [-0.4, -0.2) is 0 Å². The lowest BCUT2D eigenvalue weighted by Crippen LogP contribution is -2.11. The van der Waals surface area contributed by atoms with Crippen LogP contribution in [0.3, 0.4) is 0 Å². The molecule has 0 aliphatic rings. The number of anilines is 3. The van der Waals surface area contributed by atoms with Gasteiger partial charge in [-0.1, -0.05) is 164 Å². The quantitative estimate of drug-likeness (QED) is 0.160. The van der Waals surface area contributed by atoms with E-state index in [0.717, 1.165) is 50.1 Å². The Morgan fingerprint density at radius 3 is 1.77 bits per heavy atom. The van der Waals surface area contributed by atoms with E-state index in [9.17, 15) is 0 Å². The van der Waals surface area contributed by atoms with Crippen molar-refractivity contribution in [1.82, 2.24) is 0 Å². The maximum atomic E-state index is 6.46. The topological polar surface area (TPSA) is 16.4 Å². The molecular weight excluding hydrogens is 759 g/mol. The molecule has 0 amide bonds. The lowest BCUT2D eigenvalue weighted by atomic mass is 9.97. The zero-order valence-electron chi connectivity index (χ0n) is 33.1. The minimum atomic E-state index is 0.905. The fourth-order valence-corrected chi connectivity index (χ4v) is 10.2. The molecule has 286 valence electrons. The van der Waals surface area contributed by atoms with E-state index in [1.54, 1.807) is 0 Å². The highest BCUT2D eigenvalue weighted by molar-refractivity contribution is 7.25. The van der Waals surface area contributed by atoms with E-state index >= 15 is 0 Å². The van der Waals surface area contributed by atoms with Crippen molar-refractivity contribution in [3.63, 3.8) is 0 Å². The molecule has 61 heavy (non-hydrogen) atoms. The van der Waals surface area contributed by atoms with Crippen LogP contribution in [0.1, 0.15) is 0 Å². The summed E-state index contributed by atoms with van der Waals surface area (Å²) in [4.78, 5) is 2.39. The Morgan fingerprint density at radius 2 is 0.918 bits per heavy atom. The van der Waals surface area contributed by atoms with Crippen molar-refractivity contribution in [3.05, 3.63) is 224 Å². The predicted octanol–water partition coefficient (Wildman–Crippen LogP) is 17.2. The van der Waals surface area contributed by atoms with Crippen molar-refractivity contribution in [1.29, 1.82) is 0 Å². The van der Waals surface area contributed by atoms with Crippen LogP contribution >= 0.6 is 11.3 Å². The molecule has 2 heterocycles. The van der Waals surface area contributed by atoms with Gasteiger partial charge in [-0.25, -0.2) is 0 Å². The number of rotatable bonds is 7. The Bertz CT molecular complexity index is 3590. The third-order valence-corrected chi connectivity index (χ3v) is 13.2. The molecule has 0 saturated heterocycles. The van der Waals surface area contributed by atoms with Crippen LogP contribution in [0, 0.1) is 0 Å². The molecule has 0 atom stereocenters. The minimum Gasteiger partial charge on any atom is -0.455 e. The van der Waals surface area contributed by atoms with Gasteiger partial charge in [0.05, 0.1) is 5.69 Å². The first-order chi connectivity index (χ1) is 30.2. The maximum Gasteiger partial charge on any atom is 0.143 e. The number of hydrogen-bond donors (Lipinski definition) is 0. The van der Waals surface area contributed by atoms with Gasteiger partial charge in [0.1, 0.15) is 11.2 Å². The van der Waals surface area contributed by atoms with Gasteiger partial charge in [-0.2, -0.15) is 0 Å². The maximum absolute atomic E-state index is 6.46. The predicted molar refractivity (Wildman–Crippen MR) is 261 cm³/mol. The van der Waals surface area contributed by atoms with Crippen molar-refractivity contribution in [2.24, 2.45) is 0 Å². The molecule has 0 N–H and O–H groups in total. The summed E-state index contributed by atoms with van der Waals surface area (Å²) in [6, 6.07) is 81.2. The molecule has 0 radical (unpaired) electrons. The molecule has 3 heteroatoms. The molecule has 0 fully saturated rings. The molecule has 10 aromatic carbocycles. The highest BCUT2D eigenvalue weighted by Crippen LogP contribution is 2.45. The summed E-state index contributed by atoms with van der Waals surface area (Å²) >= 11 is 1.86. The monoisotopic (exact) mass is 795 g/mol. The largest absolute Gasteiger partial charge is 0.455 e. The average molecular weight is 796 g/mol.